The zero-order valence-corrected chi connectivity index (χ0v) is 14.4. The lowest BCUT2D eigenvalue weighted by atomic mass is 10.2. The summed E-state index contributed by atoms with van der Waals surface area (Å²) >= 11 is 0. The first kappa shape index (κ1) is 18.5. The molecule has 0 aliphatic rings. The number of anilines is 2. The first-order valence-electron chi connectivity index (χ1n) is 7.49. The van der Waals surface area contributed by atoms with Crippen LogP contribution in [-0.4, -0.2) is 56.4 Å². The van der Waals surface area contributed by atoms with Crippen LogP contribution in [0, 0.1) is 0 Å². The molecule has 0 unspecified atom stereocenters. The second-order valence-corrected chi connectivity index (χ2v) is 5.29. The molecule has 10 nitrogen and oxygen atoms in total. The number of hydrogen-bond donors (Lipinski definition) is 3. The summed E-state index contributed by atoms with van der Waals surface area (Å²) in [6.45, 7) is 0. The first-order valence-corrected chi connectivity index (χ1v) is 7.49. The number of H-pyrrole nitrogens is 1. The average molecular weight is 353 g/mol. The van der Waals surface area contributed by atoms with Gasteiger partial charge in [0, 0.05) is 37.6 Å². The van der Waals surface area contributed by atoms with Crippen molar-refractivity contribution in [2.24, 2.45) is 4.99 Å². The molecule has 1 amide bonds. The van der Waals surface area contributed by atoms with Crippen LogP contribution in [0.1, 0.15) is 10.4 Å². The largest absolute Gasteiger partial charge is 0.384 e. The lowest BCUT2D eigenvalue weighted by molar-refractivity contribution is 0.100. The van der Waals surface area contributed by atoms with Crippen molar-refractivity contribution < 1.29 is 4.79 Å². The van der Waals surface area contributed by atoms with Gasteiger partial charge < -0.3 is 16.4 Å². The summed E-state index contributed by atoms with van der Waals surface area (Å²) in [5.41, 5.74) is 12.2. The highest BCUT2D eigenvalue weighted by atomic mass is 16.1. The van der Waals surface area contributed by atoms with Crippen LogP contribution in [0.2, 0.25) is 0 Å². The first-order chi connectivity index (χ1) is 12.5. The Morgan fingerprint density at radius 2 is 1.81 bits per heavy atom. The van der Waals surface area contributed by atoms with Gasteiger partial charge in [-0.1, -0.05) is 0 Å². The van der Waals surface area contributed by atoms with Crippen molar-refractivity contribution in [2.75, 3.05) is 25.6 Å². The maximum atomic E-state index is 11.4. The van der Waals surface area contributed by atoms with E-state index in [9.17, 15) is 4.79 Å². The van der Waals surface area contributed by atoms with Gasteiger partial charge in [0.2, 0.25) is 0 Å². The van der Waals surface area contributed by atoms with E-state index in [2.05, 4.69) is 30.1 Å². The Kier molecular flexibility index (Phi) is 6.32. The monoisotopic (exact) mass is 353 g/mol. The van der Waals surface area contributed by atoms with Crippen molar-refractivity contribution in [3.05, 3.63) is 48.5 Å². The van der Waals surface area contributed by atoms with Gasteiger partial charge in [-0.05, 0) is 24.3 Å². The van der Waals surface area contributed by atoms with Crippen LogP contribution in [0.4, 0.5) is 11.6 Å². The molecule has 3 rings (SSSR count). The number of hydrogen-bond acceptors (Lipinski definition) is 7. The molecule has 3 aromatic heterocycles. The number of carbonyl (C=O) groups is 1. The summed E-state index contributed by atoms with van der Waals surface area (Å²) in [5, 5.41) is 6.47. The smallest absolute Gasteiger partial charge is 0.278 e. The Morgan fingerprint density at radius 1 is 1.12 bits per heavy atom. The van der Waals surface area contributed by atoms with Crippen LogP contribution in [0.5, 0.6) is 0 Å². The van der Waals surface area contributed by atoms with Gasteiger partial charge in [-0.2, -0.15) is 10.1 Å². The van der Waals surface area contributed by atoms with Crippen LogP contribution in [-0.2, 0) is 0 Å². The molecule has 26 heavy (non-hydrogen) atoms. The van der Waals surface area contributed by atoms with Gasteiger partial charge in [0.05, 0.1) is 6.34 Å². The number of carbonyl (C=O) groups excluding carboxylic acids is 1. The van der Waals surface area contributed by atoms with Gasteiger partial charge in [0.25, 0.3) is 5.91 Å². The van der Waals surface area contributed by atoms with Gasteiger partial charge in [0.1, 0.15) is 18.0 Å². The molecule has 0 radical (unpaired) electrons. The molecule has 0 aliphatic carbocycles. The van der Waals surface area contributed by atoms with E-state index in [-0.39, 0.29) is 5.91 Å². The lowest BCUT2D eigenvalue weighted by Crippen LogP contribution is -2.10. The highest BCUT2D eigenvalue weighted by Crippen LogP contribution is 2.13. The third-order valence-corrected chi connectivity index (χ3v) is 2.90. The number of aliphatic imine (C=N–C) groups is 1. The minimum Gasteiger partial charge on any atom is -0.384 e. The third-order valence-electron chi connectivity index (χ3n) is 2.90. The molecule has 0 aromatic carbocycles. The molecular weight excluding hydrogens is 334 g/mol. The van der Waals surface area contributed by atoms with Crippen molar-refractivity contribution in [3.63, 3.8) is 0 Å². The van der Waals surface area contributed by atoms with Crippen molar-refractivity contribution in [1.82, 2.24) is 30.0 Å². The summed E-state index contributed by atoms with van der Waals surface area (Å²) in [6.07, 6.45) is 6.01. The Balaban J connectivity index is 0.000000189. The van der Waals surface area contributed by atoms with Crippen molar-refractivity contribution >= 4 is 23.9 Å². The molecule has 0 saturated heterocycles. The normalized spacial score (nSPS) is 10.2. The Labute approximate surface area is 150 Å². The number of pyridine rings is 2. The van der Waals surface area contributed by atoms with Crippen LogP contribution in [0.3, 0.4) is 0 Å². The SMILES string of the molecule is CN(C)C=NC(=O)c1ccnc(N)c1.Nc1cc(-c2ncn[nH]2)ccn1. The Morgan fingerprint density at radius 3 is 2.38 bits per heavy atom. The number of nitrogens with zero attached hydrogens (tertiary/aromatic N) is 6. The zero-order chi connectivity index (χ0) is 18.9. The molecule has 10 heteroatoms. The second kappa shape index (κ2) is 8.87. The number of rotatable bonds is 3. The van der Waals surface area contributed by atoms with Gasteiger partial charge >= 0.3 is 0 Å². The predicted octanol–water partition coefficient (Wildman–Crippen LogP) is 0.843. The summed E-state index contributed by atoms with van der Waals surface area (Å²) in [7, 11) is 3.58. The highest BCUT2D eigenvalue weighted by Gasteiger charge is 2.03. The third kappa shape index (κ3) is 5.67. The van der Waals surface area contributed by atoms with Crippen LogP contribution in [0.25, 0.3) is 11.4 Å². The number of nitrogen functional groups attached to an aromatic ring is 2. The van der Waals surface area contributed by atoms with E-state index in [1.54, 1.807) is 37.3 Å². The number of aromatic nitrogens is 5. The van der Waals surface area contributed by atoms with E-state index in [0.29, 0.717) is 23.0 Å². The van der Waals surface area contributed by atoms with Gasteiger partial charge in [-0.3, -0.25) is 9.89 Å². The molecule has 0 atom stereocenters. The number of nitrogens with one attached hydrogen (secondary N) is 1. The van der Waals surface area contributed by atoms with E-state index in [1.165, 1.54) is 24.9 Å². The minimum atomic E-state index is -0.326. The number of amides is 1. The zero-order valence-electron chi connectivity index (χ0n) is 14.4. The standard InChI is InChI=1S/C9H12N4O.C7H7N5/c1-13(2)6-12-9(14)7-3-4-11-8(10)5-7;8-6-3-5(1-2-9-6)7-10-4-11-12-7/h3-6H,1-2H3,(H2,10,11);1-4H,(H2,8,9)(H,10,11,12). The van der Waals surface area contributed by atoms with Crippen molar-refractivity contribution in [1.29, 1.82) is 0 Å². The summed E-state index contributed by atoms with van der Waals surface area (Å²) in [4.78, 5) is 28.4. The topological polar surface area (TPSA) is 152 Å². The van der Waals surface area contributed by atoms with Gasteiger partial charge in [-0.25, -0.2) is 15.0 Å². The van der Waals surface area contributed by atoms with Crippen LogP contribution >= 0.6 is 0 Å². The highest BCUT2D eigenvalue weighted by molar-refractivity contribution is 5.99. The number of nitrogens with two attached hydrogens (primary N) is 2. The minimum absolute atomic E-state index is 0.316. The maximum Gasteiger partial charge on any atom is 0.278 e. The van der Waals surface area contributed by atoms with Crippen LogP contribution in [0.15, 0.2) is 48.0 Å². The molecule has 0 spiro atoms. The van der Waals surface area contributed by atoms with Crippen LogP contribution < -0.4 is 11.5 Å². The molecular formula is C16H19N9O. The quantitative estimate of drug-likeness (QED) is 0.462. The van der Waals surface area contributed by atoms with E-state index in [1.807, 2.05) is 6.07 Å². The van der Waals surface area contributed by atoms with Crippen molar-refractivity contribution in [2.45, 2.75) is 0 Å². The molecule has 3 aromatic rings. The lowest BCUT2D eigenvalue weighted by Gasteiger charge is -2.01. The van der Waals surface area contributed by atoms with E-state index in [0.717, 1.165) is 5.56 Å². The fraction of sp³-hybridized carbons (Fsp3) is 0.125. The summed E-state index contributed by atoms with van der Waals surface area (Å²) < 4.78 is 0. The Bertz CT molecular complexity index is 875. The summed E-state index contributed by atoms with van der Waals surface area (Å²) in [6, 6.07) is 6.62. The average Bonchev–Trinajstić information content (AvgIpc) is 3.15. The van der Waals surface area contributed by atoms with Gasteiger partial charge in [0.15, 0.2) is 5.82 Å². The fourth-order valence-corrected chi connectivity index (χ4v) is 1.76. The predicted molar refractivity (Wildman–Crippen MR) is 99.2 cm³/mol. The number of aromatic amines is 1. The molecule has 0 saturated carbocycles. The second-order valence-electron chi connectivity index (χ2n) is 5.29. The summed E-state index contributed by atoms with van der Waals surface area (Å²) in [5.74, 6) is 1.16. The Hall–Kier alpha value is -3.82. The van der Waals surface area contributed by atoms with Gasteiger partial charge in [-0.15, -0.1) is 0 Å². The van der Waals surface area contributed by atoms with E-state index >= 15 is 0 Å². The fourth-order valence-electron chi connectivity index (χ4n) is 1.76. The van der Waals surface area contributed by atoms with E-state index < -0.39 is 0 Å². The molecule has 0 fully saturated rings. The molecule has 134 valence electrons. The molecule has 0 aliphatic heterocycles. The van der Waals surface area contributed by atoms with Crippen molar-refractivity contribution in [3.8, 4) is 11.4 Å². The molecule has 5 N–H and O–H groups in total. The molecule has 0 bridgehead atoms. The molecule has 3 heterocycles. The maximum absolute atomic E-state index is 11.4. The van der Waals surface area contributed by atoms with E-state index in [4.69, 9.17) is 11.5 Å².